The first-order chi connectivity index (χ1) is 14.5. The molecular weight excluding hydrogens is 413 g/mol. The molecule has 8 heteroatoms. The molecule has 5 nitrogen and oxygen atoms in total. The van der Waals surface area contributed by atoms with Gasteiger partial charge in [-0.1, -0.05) is 0 Å². The average Bonchev–Trinajstić information content (AvgIpc) is 3.02. The number of carbonyl (C=O) groups is 1. The van der Waals surface area contributed by atoms with E-state index in [0.29, 0.717) is 17.7 Å². The molecule has 166 valence electrons. The summed E-state index contributed by atoms with van der Waals surface area (Å²) in [5, 5.41) is 0. The van der Waals surface area contributed by atoms with Gasteiger partial charge in [0, 0.05) is 17.5 Å². The maximum Gasteiger partial charge on any atom is 0.420 e. The molecule has 0 saturated carbocycles. The highest BCUT2D eigenvalue weighted by molar-refractivity contribution is 6.12. The van der Waals surface area contributed by atoms with Crippen molar-refractivity contribution in [2.24, 2.45) is 0 Å². The Bertz CT molecular complexity index is 1040. The fourth-order valence-corrected chi connectivity index (χ4v) is 3.58. The minimum atomic E-state index is -4.88. The van der Waals surface area contributed by atoms with E-state index in [1.807, 2.05) is 13.8 Å². The monoisotopic (exact) mass is 436 g/mol. The van der Waals surface area contributed by atoms with Crippen LogP contribution in [-0.4, -0.2) is 38.9 Å². The molecule has 0 atom stereocenters. The van der Waals surface area contributed by atoms with Crippen LogP contribution < -0.4 is 18.9 Å². The zero-order valence-corrected chi connectivity index (χ0v) is 17.8. The summed E-state index contributed by atoms with van der Waals surface area (Å²) in [5.74, 6) is -0.125. The Morgan fingerprint density at radius 1 is 1.03 bits per heavy atom. The quantitative estimate of drug-likeness (QED) is 0.457. The zero-order chi connectivity index (χ0) is 23.0. The third-order valence-corrected chi connectivity index (χ3v) is 4.91. The number of hydrogen-bond acceptors (Lipinski definition) is 5. The van der Waals surface area contributed by atoms with E-state index in [-0.39, 0.29) is 28.4 Å². The molecule has 3 rings (SSSR count). The Morgan fingerprint density at radius 2 is 1.71 bits per heavy atom. The van der Waals surface area contributed by atoms with Gasteiger partial charge in [-0.25, -0.2) is 0 Å². The van der Waals surface area contributed by atoms with Crippen LogP contribution in [-0.2, 0) is 6.42 Å². The van der Waals surface area contributed by atoms with Crippen molar-refractivity contribution in [2.45, 2.75) is 32.0 Å². The van der Waals surface area contributed by atoms with Crippen molar-refractivity contribution in [3.8, 4) is 23.0 Å². The minimum Gasteiger partial charge on any atom is -0.493 e. The highest BCUT2D eigenvalue weighted by Crippen LogP contribution is 2.42. The topological polar surface area (TPSA) is 54.0 Å². The molecule has 0 radical (unpaired) electrons. The predicted octanol–water partition coefficient (Wildman–Crippen LogP) is 5.25. The van der Waals surface area contributed by atoms with E-state index in [2.05, 4.69) is 0 Å². The Labute approximate surface area is 178 Å². The Hall–Kier alpha value is -3.16. The number of halogens is 3. The number of alkyl halides is 3. The second-order valence-corrected chi connectivity index (χ2v) is 7.67. The van der Waals surface area contributed by atoms with Crippen molar-refractivity contribution in [3.05, 3.63) is 52.6 Å². The molecule has 0 aliphatic carbocycles. The summed E-state index contributed by atoms with van der Waals surface area (Å²) in [6.07, 6.45) is -3.63. The van der Waals surface area contributed by atoms with Gasteiger partial charge in [0.2, 0.25) is 5.75 Å². The summed E-state index contributed by atoms with van der Waals surface area (Å²) in [4.78, 5) is 12.9. The van der Waals surface area contributed by atoms with Gasteiger partial charge < -0.3 is 18.9 Å². The molecule has 1 aliphatic heterocycles. The van der Waals surface area contributed by atoms with Crippen molar-refractivity contribution in [1.82, 2.24) is 0 Å². The van der Waals surface area contributed by atoms with Gasteiger partial charge >= 0.3 is 6.18 Å². The number of methoxy groups -OCH3 is 3. The molecule has 0 saturated heterocycles. The highest BCUT2D eigenvalue weighted by Gasteiger charge is 2.40. The van der Waals surface area contributed by atoms with Gasteiger partial charge in [0.15, 0.2) is 17.3 Å². The molecular formula is C23H23F3O5. The van der Waals surface area contributed by atoms with Gasteiger partial charge in [0.1, 0.15) is 16.9 Å². The second-order valence-electron chi connectivity index (χ2n) is 7.67. The number of rotatable bonds is 6. The first-order valence-corrected chi connectivity index (χ1v) is 9.45. The second kappa shape index (κ2) is 8.17. The van der Waals surface area contributed by atoms with Gasteiger partial charge in [-0.15, -0.1) is 0 Å². The molecule has 2 aromatic rings. The molecule has 0 fully saturated rings. The van der Waals surface area contributed by atoms with Crippen molar-refractivity contribution in [3.63, 3.8) is 0 Å². The number of carbonyl (C=O) groups excluding carboxylic acids is 1. The number of ether oxygens (including phenoxy) is 4. The lowest BCUT2D eigenvalue weighted by molar-refractivity contribution is -0.0878. The van der Waals surface area contributed by atoms with E-state index in [4.69, 9.17) is 18.9 Å². The number of fused-ring (bicyclic) bond motifs is 1. The first-order valence-electron chi connectivity index (χ1n) is 9.45. The summed E-state index contributed by atoms with van der Waals surface area (Å²) >= 11 is 0. The lowest BCUT2D eigenvalue weighted by Gasteiger charge is -2.16. The number of benzene rings is 2. The van der Waals surface area contributed by atoms with E-state index in [0.717, 1.165) is 6.08 Å². The highest BCUT2D eigenvalue weighted by atomic mass is 19.4. The molecule has 0 amide bonds. The number of hydrogen-bond donors (Lipinski definition) is 0. The fraction of sp³-hybridized carbons (Fsp3) is 0.348. The van der Waals surface area contributed by atoms with E-state index in [1.165, 1.54) is 51.7 Å². The number of allylic oxidation sites excluding steroid dienone is 1. The van der Waals surface area contributed by atoms with Gasteiger partial charge in [-0.2, -0.15) is 13.2 Å². The van der Waals surface area contributed by atoms with Crippen LogP contribution in [0, 0.1) is 0 Å². The molecule has 31 heavy (non-hydrogen) atoms. The van der Waals surface area contributed by atoms with Crippen molar-refractivity contribution < 1.29 is 36.9 Å². The summed E-state index contributed by atoms with van der Waals surface area (Å²) < 4.78 is 63.0. The Morgan fingerprint density at radius 3 is 2.29 bits per heavy atom. The summed E-state index contributed by atoms with van der Waals surface area (Å²) in [6, 6.07) is 7.15. The van der Waals surface area contributed by atoms with Crippen LogP contribution >= 0.6 is 0 Å². The fourth-order valence-electron chi connectivity index (χ4n) is 3.58. The smallest absolute Gasteiger partial charge is 0.420 e. The van der Waals surface area contributed by atoms with Gasteiger partial charge in [-0.3, -0.25) is 4.79 Å². The van der Waals surface area contributed by atoms with Crippen LogP contribution in [0.25, 0.3) is 6.08 Å². The normalized spacial score (nSPS) is 15.2. The van der Waals surface area contributed by atoms with Gasteiger partial charge in [0.05, 0.1) is 21.3 Å². The lowest BCUT2D eigenvalue weighted by Crippen LogP contribution is -2.24. The first kappa shape index (κ1) is 22.5. The molecule has 0 bridgehead atoms. The third-order valence-electron chi connectivity index (χ3n) is 4.91. The minimum absolute atomic E-state index is 0.0282. The molecule has 0 unspecified atom stereocenters. The number of ketones is 1. The van der Waals surface area contributed by atoms with Crippen molar-refractivity contribution in [1.29, 1.82) is 0 Å². The molecule has 0 spiro atoms. The van der Waals surface area contributed by atoms with Crippen LogP contribution in [0.15, 0.2) is 35.9 Å². The molecule has 0 aromatic heterocycles. The van der Waals surface area contributed by atoms with E-state index in [9.17, 15) is 18.0 Å². The van der Waals surface area contributed by atoms with Gasteiger partial charge in [-0.05, 0) is 55.8 Å². The summed E-state index contributed by atoms with van der Waals surface area (Å²) in [6.45, 7) is 3.75. The standard InChI is InChI=1S/C23H23F3O5/c1-22(2)12-15-10-13(6-8-17(15)31-22)19(27)16(23(24,25)26)11-14-7-9-18(28-3)21(30-5)20(14)29-4/h6-11H,12H2,1-5H3. The van der Waals surface area contributed by atoms with E-state index < -0.39 is 23.1 Å². The third kappa shape index (κ3) is 4.47. The molecule has 2 aromatic carbocycles. The van der Waals surface area contributed by atoms with Crippen LogP contribution in [0.2, 0.25) is 0 Å². The Balaban J connectivity index is 2.09. The van der Waals surface area contributed by atoms with Crippen LogP contribution in [0.3, 0.4) is 0 Å². The predicted molar refractivity (Wildman–Crippen MR) is 109 cm³/mol. The van der Waals surface area contributed by atoms with Gasteiger partial charge in [0.25, 0.3) is 0 Å². The SMILES string of the molecule is COc1ccc(C=C(C(=O)c2ccc3c(c2)CC(C)(C)O3)C(F)(F)F)c(OC)c1OC. The largest absolute Gasteiger partial charge is 0.493 e. The van der Waals surface area contributed by atoms with E-state index >= 15 is 0 Å². The zero-order valence-electron chi connectivity index (χ0n) is 17.8. The maximum absolute atomic E-state index is 13.9. The molecule has 0 N–H and O–H groups in total. The van der Waals surface area contributed by atoms with E-state index in [1.54, 1.807) is 0 Å². The molecule has 1 heterocycles. The average molecular weight is 436 g/mol. The van der Waals surface area contributed by atoms with Crippen molar-refractivity contribution >= 4 is 11.9 Å². The lowest BCUT2D eigenvalue weighted by atomic mass is 9.95. The maximum atomic E-state index is 13.9. The number of Topliss-reactive ketones (excluding diaryl/α,β-unsaturated/α-hetero) is 1. The van der Waals surface area contributed by atoms with Crippen LogP contribution in [0.1, 0.15) is 35.3 Å². The summed E-state index contributed by atoms with van der Waals surface area (Å²) in [7, 11) is 4.04. The van der Waals surface area contributed by atoms with Crippen molar-refractivity contribution in [2.75, 3.05) is 21.3 Å². The molecule has 1 aliphatic rings. The van der Waals surface area contributed by atoms with Crippen LogP contribution in [0.5, 0.6) is 23.0 Å². The summed E-state index contributed by atoms with van der Waals surface area (Å²) in [5.41, 5.74) is -1.13. The Kier molecular flexibility index (Phi) is 5.93. The van der Waals surface area contributed by atoms with Crippen LogP contribution in [0.4, 0.5) is 13.2 Å².